The van der Waals surface area contributed by atoms with Gasteiger partial charge in [-0.3, -0.25) is 0 Å². The van der Waals surface area contributed by atoms with Crippen LogP contribution in [0.5, 0.6) is 0 Å². The minimum Gasteiger partial charge on any atom is -0.390 e. The molecule has 3 heteroatoms. The molecule has 1 aliphatic rings. The van der Waals surface area contributed by atoms with Crippen LogP contribution in [0.2, 0.25) is 5.02 Å². The number of halogens is 1. The highest BCUT2D eigenvalue weighted by Gasteiger charge is 2.29. The van der Waals surface area contributed by atoms with Crippen LogP contribution in [0.25, 0.3) is 0 Å². The Balaban J connectivity index is 1.97. The molecule has 1 saturated heterocycles. The van der Waals surface area contributed by atoms with Crippen molar-refractivity contribution in [3.8, 4) is 0 Å². The highest BCUT2D eigenvalue weighted by Crippen LogP contribution is 2.23. The summed E-state index contributed by atoms with van der Waals surface area (Å²) < 4.78 is 0. The van der Waals surface area contributed by atoms with Gasteiger partial charge in [-0.05, 0) is 50.4 Å². The second kappa shape index (κ2) is 4.74. The van der Waals surface area contributed by atoms with Crippen molar-refractivity contribution in [2.45, 2.75) is 37.8 Å². The Morgan fingerprint density at radius 2 is 2.12 bits per heavy atom. The van der Waals surface area contributed by atoms with E-state index < -0.39 is 5.60 Å². The number of aliphatic hydroxyl groups is 1. The van der Waals surface area contributed by atoms with E-state index >= 15 is 0 Å². The molecule has 0 aliphatic carbocycles. The molecule has 16 heavy (non-hydrogen) atoms. The van der Waals surface area contributed by atoms with Crippen LogP contribution in [0.4, 0.5) is 0 Å². The van der Waals surface area contributed by atoms with Gasteiger partial charge in [-0.25, -0.2) is 0 Å². The van der Waals surface area contributed by atoms with Gasteiger partial charge in [0.25, 0.3) is 0 Å². The lowest BCUT2D eigenvalue weighted by molar-refractivity contribution is 0.0136. The zero-order valence-electron chi connectivity index (χ0n) is 9.54. The minimum atomic E-state index is -0.512. The Hall–Kier alpha value is -0.570. The first-order valence-electron chi connectivity index (χ1n) is 5.75. The maximum atomic E-state index is 10.0. The van der Waals surface area contributed by atoms with Crippen molar-refractivity contribution in [1.29, 1.82) is 0 Å². The van der Waals surface area contributed by atoms with Gasteiger partial charge in [0.2, 0.25) is 0 Å². The van der Waals surface area contributed by atoms with Gasteiger partial charge < -0.3 is 10.4 Å². The molecule has 2 rings (SSSR count). The van der Waals surface area contributed by atoms with Crippen LogP contribution in [0.1, 0.15) is 25.3 Å². The van der Waals surface area contributed by atoms with Gasteiger partial charge in [0.15, 0.2) is 0 Å². The Kier molecular flexibility index (Phi) is 3.53. The Morgan fingerprint density at radius 3 is 2.75 bits per heavy atom. The van der Waals surface area contributed by atoms with E-state index in [0.717, 1.165) is 30.8 Å². The predicted octanol–water partition coefficient (Wildman–Crippen LogP) is 2.39. The topological polar surface area (TPSA) is 32.3 Å². The molecule has 2 nitrogen and oxygen atoms in total. The predicted molar refractivity (Wildman–Crippen MR) is 66.8 cm³/mol. The molecular formula is C13H18ClNO. The zero-order chi connectivity index (χ0) is 11.6. The average molecular weight is 240 g/mol. The van der Waals surface area contributed by atoms with Crippen molar-refractivity contribution >= 4 is 11.6 Å². The highest BCUT2D eigenvalue weighted by atomic mass is 35.5. The summed E-state index contributed by atoms with van der Waals surface area (Å²) in [6.07, 6.45) is 2.60. The zero-order valence-corrected chi connectivity index (χ0v) is 10.3. The third-order valence-electron chi connectivity index (χ3n) is 3.18. The second-order valence-electron chi connectivity index (χ2n) is 4.93. The first-order chi connectivity index (χ1) is 7.55. The standard InChI is InChI=1S/C13H18ClNO/c1-13(16)6-7-15-12(9-13)8-10-2-4-11(14)5-3-10/h2-5,12,15-16H,6-9H2,1H3/t12-,13?/m0/s1. The van der Waals surface area contributed by atoms with Crippen LogP contribution in [0.3, 0.4) is 0 Å². The summed E-state index contributed by atoms with van der Waals surface area (Å²) in [5.74, 6) is 0. The molecule has 0 bridgehead atoms. The normalized spacial score (nSPS) is 30.3. The number of hydrogen-bond donors (Lipinski definition) is 2. The van der Waals surface area contributed by atoms with Crippen molar-refractivity contribution in [3.63, 3.8) is 0 Å². The van der Waals surface area contributed by atoms with Gasteiger partial charge in [0, 0.05) is 11.1 Å². The molecule has 88 valence electrons. The van der Waals surface area contributed by atoms with E-state index in [4.69, 9.17) is 11.6 Å². The van der Waals surface area contributed by atoms with Gasteiger partial charge in [-0.15, -0.1) is 0 Å². The molecule has 2 N–H and O–H groups in total. The molecule has 1 fully saturated rings. The molecular weight excluding hydrogens is 222 g/mol. The lowest BCUT2D eigenvalue weighted by atomic mass is 9.87. The number of hydrogen-bond acceptors (Lipinski definition) is 2. The van der Waals surface area contributed by atoms with E-state index in [1.54, 1.807) is 0 Å². The van der Waals surface area contributed by atoms with Gasteiger partial charge in [-0.1, -0.05) is 23.7 Å². The van der Waals surface area contributed by atoms with Crippen molar-refractivity contribution in [2.75, 3.05) is 6.54 Å². The van der Waals surface area contributed by atoms with Gasteiger partial charge in [-0.2, -0.15) is 0 Å². The average Bonchev–Trinajstić information content (AvgIpc) is 2.20. The third-order valence-corrected chi connectivity index (χ3v) is 3.43. The smallest absolute Gasteiger partial charge is 0.0646 e. The minimum absolute atomic E-state index is 0.366. The first-order valence-corrected chi connectivity index (χ1v) is 6.13. The van der Waals surface area contributed by atoms with Crippen LogP contribution >= 0.6 is 11.6 Å². The quantitative estimate of drug-likeness (QED) is 0.831. The van der Waals surface area contributed by atoms with Crippen molar-refractivity contribution in [1.82, 2.24) is 5.32 Å². The van der Waals surface area contributed by atoms with E-state index in [0.29, 0.717) is 6.04 Å². The summed E-state index contributed by atoms with van der Waals surface area (Å²) in [5, 5.41) is 14.2. The summed E-state index contributed by atoms with van der Waals surface area (Å²) in [6.45, 7) is 2.81. The van der Waals surface area contributed by atoms with Crippen molar-refractivity contribution in [2.24, 2.45) is 0 Å². The molecule has 0 radical (unpaired) electrons. The molecule has 1 aromatic rings. The van der Waals surface area contributed by atoms with E-state index in [2.05, 4.69) is 5.32 Å². The monoisotopic (exact) mass is 239 g/mol. The molecule has 2 atom stereocenters. The molecule has 0 saturated carbocycles. The number of rotatable bonds is 2. The fourth-order valence-electron chi connectivity index (χ4n) is 2.30. The Labute approximate surface area is 102 Å². The van der Waals surface area contributed by atoms with E-state index in [1.165, 1.54) is 5.56 Å². The lowest BCUT2D eigenvalue weighted by Crippen LogP contribution is -2.47. The third kappa shape index (κ3) is 3.21. The Morgan fingerprint density at radius 1 is 1.44 bits per heavy atom. The molecule has 1 aliphatic heterocycles. The van der Waals surface area contributed by atoms with E-state index in [-0.39, 0.29) is 0 Å². The Bertz CT molecular complexity index is 347. The first kappa shape index (κ1) is 11.9. The molecule has 0 amide bonds. The van der Waals surface area contributed by atoms with Crippen LogP contribution in [-0.2, 0) is 6.42 Å². The molecule has 1 unspecified atom stereocenters. The summed E-state index contributed by atoms with van der Waals surface area (Å²) in [7, 11) is 0. The highest BCUT2D eigenvalue weighted by molar-refractivity contribution is 6.30. The van der Waals surface area contributed by atoms with Crippen LogP contribution in [-0.4, -0.2) is 23.3 Å². The van der Waals surface area contributed by atoms with Gasteiger partial charge >= 0.3 is 0 Å². The van der Waals surface area contributed by atoms with Crippen molar-refractivity contribution in [3.05, 3.63) is 34.9 Å². The summed E-state index contributed by atoms with van der Waals surface area (Å²) >= 11 is 5.84. The van der Waals surface area contributed by atoms with E-state index in [9.17, 15) is 5.11 Å². The van der Waals surface area contributed by atoms with E-state index in [1.807, 2.05) is 31.2 Å². The number of benzene rings is 1. The molecule has 1 heterocycles. The fraction of sp³-hybridized carbons (Fsp3) is 0.538. The van der Waals surface area contributed by atoms with Crippen molar-refractivity contribution < 1.29 is 5.11 Å². The molecule has 1 aromatic carbocycles. The second-order valence-corrected chi connectivity index (χ2v) is 5.37. The van der Waals surface area contributed by atoms with Crippen LogP contribution in [0.15, 0.2) is 24.3 Å². The van der Waals surface area contributed by atoms with Gasteiger partial charge in [0.1, 0.15) is 0 Å². The van der Waals surface area contributed by atoms with Crippen LogP contribution < -0.4 is 5.32 Å². The summed E-state index contributed by atoms with van der Waals surface area (Å²) in [4.78, 5) is 0. The summed E-state index contributed by atoms with van der Waals surface area (Å²) in [5.41, 5.74) is 0.752. The largest absolute Gasteiger partial charge is 0.390 e. The van der Waals surface area contributed by atoms with Crippen LogP contribution in [0, 0.1) is 0 Å². The number of nitrogens with one attached hydrogen (secondary N) is 1. The number of piperidine rings is 1. The maximum absolute atomic E-state index is 10.0. The van der Waals surface area contributed by atoms with Gasteiger partial charge in [0.05, 0.1) is 5.60 Å². The molecule has 0 spiro atoms. The maximum Gasteiger partial charge on any atom is 0.0646 e. The SMILES string of the molecule is CC1(O)CCN[C@@H](Cc2ccc(Cl)cc2)C1. The summed E-state index contributed by atoms with van der Waals surface area (Å²) in [6, 6.07) is 8.29. The fourth-order valence-corrected chi connectivity index (χ4v) is 2.43. The lowest BCUT2D eigenvalue weighted by Gasteiger charge is -2.35. The molecule has 0 aromatic heterocycles.